The summed E-state index contributed by atoms with van der Waals surface area (Å²) < 4.78 is 0. The molecule has 1 saturated heterocycles. The Balaban J connectivity index is 2.81. The van der Waals surface area contributed by atoms with E-state index in [9.17, 15) is 10.0 Å². The van der Waals surface area contributed by atoms with Crippen LogP contribution in [0.3, 0.4) is 0 Å². The highest BCUT2D eigenvalue weighted by Crippen LogP contribution is 2.41. The third-order valence-corrected chi connectivity index (χ3v) is 3.66. The number of Topliss-reactive ketones (excluding diaryl/α,β-unsaturated/α-hetero) is 1. The minimum absolute atomic E-state index is 0.0487. The molecule has 0 saturated carbocycles. The summed E-state index contributed by atoms with van der Waals surface area (Å²) in [5, 5.41) is 13.3. The number of carbonyl (C=O) groups excluding carboxylic acids is 1. The van der Waals surface area contributed by atoms with Gasteiger partial charge in [-0.3, -0.25) is 4.79 Å². The first-order valence-corrected chi connectivity index (χ1v) is 6.56. The van der Waals surface area contributed by atoms with E-state index >= 15 is 0 Å². The normalized spacial score (nSPS) is 25.2. The zero-order valence-corrected chi connectivity index (χ0v) is 12.0. The summed E-state index contributed by atoms with van der Waals surface area (Å²) in [5.41, 5.74) is -0.863. The Hall–Kier alpha value is -0.410. The number of hydroxylamine groups is 2. The Morgan fingerprint density at radius 3 is 1.94 bits per heavy atom. The van der Waals surface area contributed by atoms with Crippen molar-refractivity contribution in [3.63, 3.8) is 0 Å². The highest BCUT2D eigenvalue weighted by molar-refractivity contribution is 5.81. The SMILES string of the molecule is CC(C)CC(=O)C1CC(C)(C)N([O])C(C)(C)C1. The van der Waals surface area contributed by atoms with Gasteiger partial charge in [-0.1, -0.05) is 13.8 Å². The van der Waals surface area contributed by atoms with Crippen molar-refractivity contribution in [3.8, 4) is 0 Å². The molecule has 0 aromatic carbocycles. The van der Waals surface area contributed by atoms with Crippen molar-refractivity contribution < 1.29 is 10.0 Å². The molecule has 0 bridgehead atoms. The molecule has 1 aliphatic heterocycles. The van der Waals surface area contributed by atoms with Crippen LogP contribution in [0.25, 0.3) is 0 Å². The van der Waals surface area contributed by atoms with Crippen molar-refractivity contribution in [2.24, 2.45) is 11.8 Å². The second-order valence-corrected chi connectivity index (χ2v) is 7.09. The fourth-order valence-corrected chi connectivity index (χ4v) is 3.06. The lowest BCUT2D eigenvalue weighted by Gasteiger charge is -2.49. The van der Waals surface area contributed by atoms with Crippen LogP contribution in [0.15, 0.2) is 0 Å². The molecule has 0 unspecified atom stereocenters. The molecule has 99 valence electrons. The molecule has 1 heterocycles. The lowest BCUT2D eigenvalue weighted by Crippen LogP contribution is -2.59. The smallest absolute Gasteiger partial charge is 0.136 e. The molecule has 0 aromatic heterocycles. The monoisotopic (exact) mass is 240 g/mol. The number of piperidine rings is 1. The molecular formula is C14H26NO2. The van der Waals surface area contributed by atoms with Crippen LogP contribution in [0.1, 0.15) is 60.8 Å². The lowest BCUT2D eigenvalue weighted by atomic mass is 9.73. The molecule has 1 fully saturated rings. The van der Waals surface area contributed by atoms with Gasteiger partial charge in [0.15, 0.2) is 0 Å². The van der Waals surface area contributed by atoms with Crippen molar-refractivity contribution in [1.29, 1.82) is 0 Å². The highest BCUT2D eigenvalue weighted by Gasteiger charge is 2.47. The quantitative estimate of drug-likeness (QED) is 0.760. The van der Waals surface area contributed by atoms with E-state index in [1.807, 2.05) is 27.7 Å². The van der Waals surface area contributed by atoms with Crippen molar-refractivity contribution in [3.05, 3.63) is 0 Å². The molecule has 0 N–H and O–H groups in total. The zero-order valence-electron chi connectivity index (χ0n) is 12.0. The number of nitrogens with zero attached hydrogens (tertiary/aromatic N) is 1. The van der Waals surface area contributed by atoms with Gasteiger partial charge in [0.05, 0.1) is 0 Å². The molecule has 3 nitrogen and oxygen atoms in total. The molecule has 0 atom stereocenters. The average Bonchev–Trinajstić information content (AvgIpc) is 2.11. The van der Waals surface area contributed by atoms with Crippen molar-refractivity contribution in [1.82, 2.24) is 5.06 Å². The maximum absolute atomic E-state index is 12.2. The third-order valence-electron chi connectivity index (χ3n) is 3.66. The van der Waals surface area contributed by atoms with E-state index in [1.165, 1.54) is 5.06 Å². The predicted molar refractivity (Wildman–Crippen MR) is 67.9 cm³/mol. The largest absolute Gasteiger partial charge is 0.299 e. The first kappa shape index (κ1) is 14.7. The Bertz CT molecular complexity index is 277. The summed E-state index contributed by atoms with van der Waals surface area (Å²) in [6.45, 7) is 11.9. The maximum Gasteiger partial charge on any atom is 0.136 e. The summed E-state index contributed by atoms with van der Waals surface area (Å²) in [5.74, 6) is 0.779. The van der Waals surface area contributed by atoms with Gasteiger partial charge >= 0.3 is 0 Å². The highest BCUT2D eigenvalue weighted by atomic mass is 16.5. The van der Waals surface area contributed by atoms with E-state index in [0.717, 1.165) is 0 Å². The van der Waals surface area contributed by atoms with Gasteiger partial charge in [0, 0.05) is 23.4 Å². The molecule has 0 aromatic rings. The van der Waals surface area contributed by atoms with Crippen molar-refractivity contribution in [2.45, 2.75) is 71.9 Å². The van der Waals surface area contributed by atoms with Gasteiger partial charge in [0.1, 0.15) is 5.78 Å². The van der Waals surface area contributed by atoms with E-state index < -0.39 is 11.1 Å². The second kappa shape index (κ2) is 4.69. The fraction of sp³-hybridized carbons (Fsp3) is 0.929. The number of hydrogen-bond acceptors (Lipinski definition) is 2. The number of hydrogen-bond donors (Lipinski definition) is 0. The van der Waals surface area contributed by atoms with Crippen molar-refractivity contribution >= 4 is 5.78 Å². The van der Waals surface area contributed by atoms with Crippen LogP contribution in [0, 0.1) is 11.8 Å². The van der Waals surface area contributed by atoms with Gasteiger partial charge in [-0.25, -0.2) is 0 Å². The first-order valence-electron chi connectivity index (χ1n) is 6.56. The Labute approximate surface area is 105 Å². The van der Waals surface area contributed by atoms with Gasteiger partial charge < -0.3 is 0 Å². The third kappa shape index (κ3) is 3.29. The molecule has 17 heavy (non-hydrogen) atoms. The van der Waals surface area contributed by atoms with E-state index in [1.54, 1.807) is 0 Å². The van der Waals surface area contributed by atoms with Crippen LogP contribution in [0.2, 0.25) is 0 Å². The molecule has 3 heteroatoms. The van der Waals surface area contributed by atoms with Crippen LogP contribution >= 0.6 is 0 Å². The van der Waals surface area contributed by atoms with E-state index in [0.29, 0.717) is 31.0 Å². The molecule has 0 amide bonds. The van der Waals surface area contributed by atoms with Crippen LogP contribution in [0.5, 0.6) is 0 Å². The van der Waals surface area contributed by atoms with Crippen LogP contribution in [0.4, 0.5) is 0 Å². The minimum Gasteiger partial charge on any atom is -0.299 e. The second-order valence-electron chi connectivity index (χ2n) is 7.09. The summed E-state index contributed by atoms with van der Waals surface area (Å²) in [6.07, 6.45) is 2.01. The summed E-state index contributed by atoms with van der Waals surface area (Å²) in [4.78, 5) is 12.2. The molecule has 1 radical (unpaired) electrons. The summed E-state index contributed by atoms with van der Waals surface area (Å²) in [6, 6.07) is 0. The topological polar surface area (TPSA) is 40.2 Å². The number of ketones is 1. The van der Waals surface area contributed by atoms with Gasteiger partial charge in [-0.15, -0.1) is 10.3 Å². The lowest BCUT2D eigenvalue weighted by molar-refractivity contribution is -0.292. The minimum atomic E-state index is -0.431. The van der Waals surface area contributed by atoms with Gasteiger partial charge in [-0.05, 0) is 46.5 Å². The van der Waals surface area contributed by atoms with E-state index in [-0.39, 0.29) is 5.92 Å². The molecule has 0 aliphatic carbocycles. The zero-order chi connectivity index (χ0) is 13.4. The van der Waals surface area contributed by atoms with E-state index in [4.69, 9.17) is 0 Å². The number of rotatable bonds is 3. The fourth-order valence-electron chi connectivity index (χ4n) is 3.06. The van der Waals surface area contributed by atoms with Gasteiger partial charge in [0.2, 0.25) is 0 Å². The van der Waals surface area contributed by atoms with Gasteiger partial charge in [-0.2, -0.15) is 0 Å². The Morgan fingerprint density at radius 2 is 1.59 bits per heavy atom. The van der Waals surface area contributed by atoms with E-state index in [2.05, 4.69) is 13.8 Å². The maximum atomic E-state index is 12.2. The van der Waals surface area contributed by atoms with Crippen LogP contribution in [-0.2, 0) is 10.0 Å². The molecule has 1 aliphatic rings. The predicted octanol–water partition coefficient (Wildman–Crippen LogP) is 3.22. The summed E-state index contributed by atoms with van der Waals surface area (Å²) >= 11 is 0. The average molecular weight is 240 g/mol. The molecule has 0 spiro atoms. The molecule has 1 rings (SSSR count). The summed E-state index contributed by atoms with van der Waals surface area (Å²) in [7, 11) is 0. The first-order chi connectivity index (χ1) is 7.56. The van der Waals surface area contributed by atoms with Crippen LogP contribution in [-0.4, -0.2) is 21.9 Å². The number of carbonyl (C=O) groups is 1. The van der Waals surface area contributed by atoms with Crippen molar-refractivity contribution in [2.75, 3.05) is 0 Å². The molecular weight excluding hydrogens is 214 g/mol. The Morgan fingerprint density at radius 1 is 1.18 bits per heavy atom. The Kier molecular flexibility index (Phi) is 4.04. The van der Waals surface area contributed by atoms with Crippen LogP contribution < -0.4 is 0 Å². The standard InChI is InChI=1S/C14H26NO2/c1-10(2)7-12(16)11-8-13(3,4)15(17)14(5,6)9-11/h10-11H,7-9H2,1-6H3. The van der Waals surface area contributed by atoms with Gasteiger partial charge in [0.25, 0.3) is 0 Å².